The lowest BCUT2D eigenvalue weighted by molar-refractivity contribution is 0.340. The van der Waals surface area contributed by atoms with E-state index in [4.69, 9.17) is 9.73 Å². The molecule has 0 fully saturated rings. The van der Waals surface area contributed by atoms with E-state index in [2.05, 4.69) is 85.3 Å². The topological polar surface area (TPSA) is 26.5 Å². The number of ether oxygens (including phenoxy) is 1. The summed E-state index contributed by atoms with van der Waals surface area (Å²) in [6, 6.07) is 27.6. The van der Waals surface area contributed by atoms with Crippen LogP contribution in [-0.4, -0.2) is 11.2 Å². The van der Waals surface area contributed by atoms with Gasteiger partial charge in [-0.25, -0.2) is 4.99 Å². The summed E-state index contributed by atoms with van der Waals surface area (Å²) in [6.07, 6.45) is 0.959. The molecule has 0 atom stereocenters. The molecule has 0 saturated carbocycles. The van der Waals surface area contributed by atoms with Gasteiger partial charge in [-0.15, -0.1) is 11.3 Å². The van der Waals surface area contributed by atoms with Gasteiger partial charge in [-0.2, -0.15) is 0 Å². The van der Waals surface area contributed by atoms with Crippen molar-refractivity contribution >= 4 is 17.0 Å². The van der Waals surface area contributed by atoms with Crippen LogP contribution in [0.2, 0.25) is 0 Å². The molecule has 0 aliphatic carbocycles. The van der Waals surface area contributed by atoms with Gasteiger partial charge in [0.2, 0.25) is 0 Å². The Hall–Kier alpha value is -3.11. The number of hydrogen-bond acceptors (Lipinski definition) is 3. The Bertz CT molecular complexity index is 1230. The van der Waals surface area contributed by atoms with E-state index < -0.39 is 0 Å². The number of aromatic nitrogens is 1. The van der Waals surface area contributed by atoms with Crippen LogP contribution in [0.3, 0.4) is 0 Å². The molecule has 33 heavy (non-hydrogen) atoms. The lowest BCUT2D eigenvalue weighted by Crippen LogP contribution is -2.17. The Morgan fingerprint density at radius 3 is 2.21 bits per heavy atom. The van der Waals surface area contributed by atoms with Crippen LogP contribution >= 0.6 is 11.3 Å². The van der Waals surface area contributed by atoms with Gasteiger partial charge in [0.15, 0.2) is 4.80 Å². The molecule has 4 heteroatoms. The lowest BCUT2D eigenvalue weighted by atomic mass is 9.86. The van der Waals surface area contributed by atoms with Gasteiger partial charge >= 0.3 is 0 Å². The second-order valence-corrected chi connectivity index (χ2v) is 9.99. The van der Waals surface area contributed by atoms with E-state index in [0.717, 1.165) is 29.2 Å². The summed E-state index contributed by atoms with van der Waals surface area (Å²) in [5.74, 6) is 0.874. The standard InChI is InChI=1S/C29H32N2OS/c1-5-32-26-17-15-25(16-18-26)30-28-31(20-19-22-9-7-6-8-10-22)27(21-33-28)23-11-13-24(14-12-23)29(2,3)4/h6-18,21H,5,19-20H2,1-4H3. The van der Waals surface area contributed by atoms with Gasteiger partial charge in [-0.05, 0) is 59.7 Å². The molecule has 1 aromatic heterocycles. The average Bonchev–Trinajstić information content (AvgIpc) is 3.21. The smallest absolute Gasteiger partial charge is 0.190 e. The average molecular weight is 457 g/mol. The van der Waals surface area contributed by atoms with Gasteiger partial charge < -0.3 is 9.30 Å². The first-order chi connectivity index (χ1) is 15.9. The highest BCUT2D eigenvalue weighted by Gasteiger charge is 2.14. The molecule has 3 aromatic carbocycles. The Balaban J connectivity index is 1.71. The molecule has 4 aromatic rings. The Morgan fingerprint density at radius 2 is 1.58 bits per heavy atom. The summed E-state index contributed by atoms with van der Waals surface area (Å²) in [4.78, 5) is 5.99. The van der Waals surface area contributed by atoms with Crippen LogP contribution in [-0.2, 0) is 18.4 Å². The van der Waals surface area contributed by atoms with Crippen molar-refractivity contribution < 1.29 is 4.74 Å². The number of hydrogen-bond donors (Lipinski definition) is 0. The number of benzene rings is 3. The first-order valence-corrected chi connectivity index (χ1v) is 12.4. The van der Waals surface area contributed by atoms with E-state index in [-0.39, 0.29) is 5.41 Å². The number of aryl methyl sites for hydroxylation is 1. The minimum atomic E-state index is 0.143. The van der Waals surface area contributed by atoms with Crippen molar-refractivity contribution in [2.75, 3.05) is 6.61 Å². The van der Waals surface area contributed by atoms with Crippen LogP contribution < -0.4 is 9.54 Å². The van der Waals surface area contributed by atoms with E-state index >= 15 is 0 Å². The minimum absolute atomic E-state index is 0.143. The summed E-state index contributed by atoms with van der Waals surface area (Å²) >= 11 is 1.69. The molecular formula is C29H32N2OS. The molecule has 0 aliphatic rings. The van der Waals surface area contributed by atoms with Crippen molar-refractivity contribution in [3.05, 3.63) is 100 Å². The predicted molar refractivity (Wildman–Crippen MR) is 139 cm³/mol. The number of nitrogens with zero attached hydrogens (tertiary/aromatic N) is 2. The molecular weight excluding hydrogens is 424 g/mol. The van der Waals surface area contributed by atoms with E-state index in [1.165, 1.54) is 22.4 Å². The predicted octanol–water partition coefficient (Wildman–Crippen LogP) is 7.39. The molecule has 170 valence electrons. The molecule has 3 nitrogen and oxygen atoms in total. The summed E-state index contributed by atoms with van der Waals surface area (Å²) in [5, 5.41) is 2.23. The van der Waals surface area contributed by atoms with Crippen LogP contribution in [0.25, 0.3) is 11.3 Å². The monoisotopic (exact) mass is 456 g/mol. The third-order valence-corrected chi connectivity index (χ3v) is 6.55. The zero-order chi connectivity index (χ0) is 23.3. The van der Waals surface area contributed by atoms with E-state index in [1.807, 2.05) is 31.2 Å². The van der Waals surface area contributed by atoms with Gasteiger partial charge in [0.05, 0.1) is 18.0 Å². The normalized spacial score (nSPS) is 12.2. The fourth-order valence-electron chi connectivity index (χ4n) is 3.79. The Kier molecular flexibility index (Phi) is 7.14. The quantitative estimate of drug-likeness (QED) is 0.285. The van der Waals surface area contributed by atoms with Crippen LogP contribution in [0.4, 0.5) is 5.69 Å². The fourth-order valence-corrected chi connectivity index (χ4v) is 4.74. The van der Waals surface area contributed by atoms with Crippen LogP contribution in [0.5, 0.6) is 5.75 Å². The molecule has 0 amide bonds. The van der Waals surface area contributed by atoms with Gasteiger partial charge in [0.25, 0.3) is 0 Å². The molecule has 4 rings (SSSR count). The first kappa shape index (κ1) is 23.1. The van der Waals surface area contributed by atoms with Crippen molar-refractivity contribution in [3.63, 3.8) is 0 Å². The maximum absolute atomic E-state index is 5.57. The van der Waals surface area contributed by atoms with Crippen molar-refractivity contribution in [2.45, 2.75) is 46.1 Å². The van der Waals surface area contributed by atoms with Gasteiger partial charge in [0.1, 0.15) is 5.75 Å². The molecule has 0 radical (unpaired) electrons. The first-order valence-electron chi connectivity index (χ1n) is 11.5. The van der Waals surface area contributed by atoms with E-state index in [0.29, 0.717) is 6.61 Å². The molecule has 0 unspecified atom stereocenters. The summed E-state index contributed by atoms with van der Waals surface area (Å²) in [5.41, 5.74) is 6.18. The highest BCUT2D eigenvalue weighted by Crippen LogP contribution is 2.27. The Morgan fingerprint density at radius 1 is 0.879 bits per heavy atom. The maximum Gasteiger partial charge on any atom is 0.190 e. The third-order valence-electron chi connectivity index (χ3n) is 5.68. The van der Waals surface area contributed by atoms with Crippen molar-refractivity contribution in [1.29, 1.82) is 0 Å². The third kappa shape index (κ3) is 5.82. The highest BCUT2D eigenvalue weighted by atomic mass is 32.1. The van der Waals surface area contributed by atoms with Crippen molar-refractivity contribution in [3.8, 4) is 17.0 Å². The molecule has 0 aliphatic heterocycles. The van der Waals surface area contributed by atoms with Crippen LogP contribution in [0.1, 0.15) is 38.8 Å². The minimum Gasteiger partial charge on any atom is -0.494 e. The highest BCUT2D eigenvalue weighted by molar-refractivity contribution is 7.07. The number of rotatable bonds is 7. The zero-order valence-electron chi connectivity index (χ0n) is 19.9. The largest absolute Gasteiger partial charge is 0.494 e. The van der Waals surface area contributed by atoms with E-state index in [1.54, 1.807) is 11.3 Å². The second-order valence-electron chi connectivity index (χ2n) is 9.16. The van der Waals surface area contributed by atoms with Crippen molar-refractivity contribution in [2.24, 2.45) is 4.99 Å². The summed E-state index contributed by atoms with van der Waals surface area (Å²) in [7, 11) is 0. The van der Waals surface area contributed by atoms with Crippen LogP contribution in [0.15, 0.2) is 89.2 Å². The van der Waals surface area contributed by atoms with Gasteiger partial charge in [0, 0.05) is 11.9 Å². The molecule has 0 bridgehead atoms. The molecule has 0 N–H and O–H groups in total. The molecule has 1 heterocycles. The van der Waals surface area contributed by atoms with Gasteiger partial charge in [-0.3, -0.25) is 0 Å². The second kappa shape index (κ2) is 10.2. The molecule has 0 spiro atoms. The zero-order valence-corrected chi connectivity index (χ0v) is 20.7. The van der Waals surface area contributed by atoms with Gasteiger partial charge in [-0.1, -0.05) is 75.4 Å². The summed E-state index contributed by atoms with van der Waals surface area (Å²) in [6.45, 7) is 10.3. The Labute approximate surface area is 201 Å². The number of thiazole rings is 1. The van der Waals surface area contributed by atoms with Crippen LogP contribution in [0, 0.1) is 0 Å². The summed E-state index contributed by atoms with van der Waals surface area (Å²) < 4.78 is 7.92. The molecule has 0 saturated heterocycles. The maximum atomic E-state index is 5.57. The fraction of sp³-hybridized carbons (Fsp3) is 0.276. The van der Waals surface area contributed by atoms with Crippen molar-refractivity contribution in [1.82, 2.24) is 4.57 Å². The lowest BCUT2D eigenvalue weighted by Gasteiger charge is -2.19. The van der Waals surface area contributed by atoms with E-state index in [9.17, 15) is 0 Å². The SMILES string of the molecule is CCOc1ccc(N=c2scc(-c3ccc(C(C)(C)C)cc3)n2CCc2ccccc2)cc1.